The first-order chi connectivity index (χ1) is 16.7. The molecular formula is C25H22F3N5O2. The largest absolute Gasteiger partial charge is 0.573 e. The Balaban J connectivity index is 1.80. The number of amides is 1. The van der Waals surface area contributed by atoms with Gasteiger partial charge in [0.1, 0.15) is 17.9 Å². The number of hydrogen-bond donors (Lipinski definition) is 1. The van der Waals surface area contributed by atoms with Gasteiger partial charge in [-0.15, -0.1) is 13.2 Å². The number of aromatic nitrogens is 3. The van der Waals surface area contributed by atoms with Crippen LogP contribution in [0.25, 0.3) is 11.3 Å². The van der Waals surface area contributed by atoms with E-state index in [-0.39, 0.29) is 5.56 Å². The fraction of sp³-hybridized carbons (Fsp3) is 0.280. The molecule has 1 aliphatic rings. The molecule has 7 nitrogen and oxygen atoms in total. The fourth-order valence-corrected chi connectivity index (χ4v) is 3.80. The summed E-state index contributed by atoms with van der Waals surface area (Å²) in [5.74, 6) is 5.27. The first-order valence-corrected chi connectivity index (χ1v) is 11.0. The Kier molecular flexibility index (Phi) is 6.87. The quantitative estimate of drug-likeness (QED) is 0.561. The summed E-state index contributed by atoms with van der Waals surface area (Å²) in [4.78, 5) is 27.0. The molecule has 180 valence electrons. The molecule has 2 aromatic heterocycles. The van der Waals surface area contributed by atoms with Crippen LogP contribution in [-0.2, 0) is 6.42 Å². The summed E-state index contributed by atoms with van der Waals surface area (Å²) in [7, 11) is 0. The van der Waals surface area contributed by atoms with Crippen LogP contribution in [0, 0.1) is 11.8 Å². The number of benzene rings is 1. The lowest BCUT2D eigenvalue weighted by Crippen LogP contribution is -2.29. The van der Waals surface area contributed by atoms with Crippen molar-refractivity contribution in [1.82, 2.24) is 19.9 Å². The number of alkyl halides is 3. The Morgan fingerprint density at radius 1 is 1.11 bits per heavy atom. The number of ether oxygens (including phenoxy) is 1. The van der Waals surface area contributed by atoms with Crippen molar-refractivity contribution in [3.63, 3.8) is 0 Å². The lowest BCUT2D eigenvalue weighted by atomic mass is 10.0. The molecule has 0 aliphatic carbocycles. The fourth-order valence-electron chi connectivity index (χ4n) is 3.80. The molecular weight excluding hydrogens is 459 g/mol. The molecule has 3 aromatic rings. The van der Waals surface area contributed by atoms with Crippen molar-refractivity contribution in [3.05, 3.63) is 65.2 Å². The van der Waals surface area contributed by atoms with Crippen LogP contribution in [0.5, 0.6) is 5.75 Å². The molecule has 1 saturated heterocycles. The van der Waals surface area contributed by atoms with Crippen molar-refractivity contribution < 1.29 is 22.7 Å². The minimum Gasteiger partial charge on any atom is -0.405 e. The highest BCUT2D eigenvalue weighted by atomic mass is 19.4. The standard InChI is InChI=1S/C25H22F3N5O2/c1-2-20-18(8-5-16-6-10-22(29)30-14-16)23(32-15-31-20)17-7-9-19(21(13-17)35-25(26,27)28)24(34)33-11-3-4-12-33/h6-7,9-10,13-15H,2-4,11-12H2,1H3,(H2,29,30). The van der Waals surface area contributed by atoms with Crippen LogP contribution in [0.2, 0.25) is 0 Å². The Morgan fingerprint density at radius 2 is 1.89 bits per heavy atom. The zero-order chi connectivity index (χ0) is 25.0. The molecule has 1 fully saturated rings. The highest BCUT2D eigenvalue weighted by Gasteiger charge is 2.34. The highest BCUT2D eigenvalue weighted by molar-refractivity contribution is 5.98. The van der Waals surface area contributed by atoms with Crippen molar-refractivity contribution in [2.45, 2.75) is 32.5 Å². The first kappa shape index (κ1) is 24.0. The molecule has 0 bridgehead atoms. The Labute approximate surface area is 200 Å². The van der Waals surface area contributed by atoms with Gasteiger partial charge in [-0.05, 0) is 43.5 Å². The van der Waals surface area contributed by atoms with Crippen LogP contribution in [0.15, 0.2) is 42.9 Å². The molecule has 4 rings (SSSR count). The summed E-state index contributed by atoms with van der Waals surface area (Å²) >= 11 is 0. The van der Waals surface area contributed by atoms with Crippen molar-refractivity contribution in [2.24, 2.45) is 0 Å². The molecule has 0 saturated carbocycles. The Bertz CT molecular complexity index is 1290. The molecule has 1 amide bonds. The molecule has 35 heavy (non-hydrogen) atoms. The number of likely N-dealkylation sites (tertiary alicyclic amines) is 1. The molecule has 10 heteroatoms. The van der Waals surface area contributed by atoms with E-state index in [1.165, 1.54) is 29.6 Å². The molecule has 2 N–H and O–H groups in total. The predicted molar refractivity (Wildman–Crippen MR) is 123 cm³/mol. The first-order valence-electron chi connectivity index (χ1n) is 11.0. The summed E-state index contributed by atoms with van der Waals surface area (Å²) < 4.78 is 43.9. The zero-order valence-electron chi connectivity index (χ0n) is 18.9. The average Bonchev–Trinajstić information content (AvgIpc) is 3.37. The number of nitrogen functional groups attached to an aromatic ring is 1. The molecule has 0 unspecified atom stereocenters. The van der Waals surface area contributed by atoms with Crippen molar-refractivity contribution >= 4 is 11.7 Å². The van der Waals surface area contributed by atoms with Gasteiger partial charge in [0.2, 0.25) is 0 Å². The van der Waals surface area contributed by atoms with Crippen LogP contribution in [0.4, 0.5) is 19.0 Å². The van der Waals surface area contributed by atoms with Crippen LogP contribution in [-0.4, -0.2) is 45.2 Å². The van der Waals surface area contributed by atoms with Gasteiger partial charge in [-0.1, -0.05) is 24.8 Å². The van der Waals surface area contributed by atoms with Gasteiger partial charge in [-0.25, -0.2) is 15.0 Å². The molecule has 1 aromatic carbocycles. The molecule has 1 aliphatic heterocycles. The number of carbonyl (C=O) groups is 1. The van der Waals surface area contributed by atoms with Gasteiger partial charge in [0.05, 0.1) is 22.5 Å². The van der Waals surface area contributed by atoms with E-state index in [0.29, 0.717) is 53.4 Å². The van der Waals surface area contributed by atoms with Crippen molar-refractivity contribution in [1.29, 1.82) is 0 Å². The van der Waals surface area contributed by atoms with Gasteiger partial charge in [-0.3, -0.25) is 4.79 Å². The van der Waals surface area contributed by atoms with E-state index in [9.17, 15) is 18.0 Å². The number of carbonyl (C=O) groups excluding carboxylic acids is 1. The minimum atomic E-state index is -4.97. The van der Waals surface area contributed by atoms with Crippen LogP contribution in [0.3, 0.4) is 0 Å². The summed E-state index contributed by atoms with van der Waals surface area (Å²) in [6.07, 6.45) is 0.0287. The predicted octanol–water partition coefficient (Wildman–Crippen LogP) is 4.22. The van der Waals surface area contributed by atoms with E-state index < -0.39 is 18.0 Å². The lowest BCUT2D eigenvalue weighted by molar-refractivity contribution is -0.274. The number of rotatable bonds is 4. The Hall–Kier alpha value is -4.13. The van der Waals surface area contributed by atoms with E-state index in [2.05, 4.69) is 31.5 Å². The van der Waals surface area contributed by atoms with Crippen LogP contribution >= 0.6 is 0 Å². The SMILES string of the molecule is CCc1ncnc(-c2ccc(C(=O)N3CCCC3)c(OC(F)(F)F)c2)c1C#Cc1ccc(N)nc1. The summed E-state index contributed by atoms with van der Waals surface area (Å²) in [6, 6.07) is 7.38. The summed E-state index contributed by atoms with van der Waals surface area (Å²) in [5.41, 5.74) is 7.80. The van der Waals surface area contributed by atoms with Crippen LogP contribution < -0.4 is 10.5 Å². The van der Waals surface area contributed by atoms with Crippen LogP contribution in [0.1, 0.15) is 46.9 Å². The maximum atomic E-state index is 13.2. The highest BCUT2D eigenvalue weighted by Crippen LogP contribution is 2.33. The second-order valence-corrected chi connectivity index (χ2v) is 7.88. The maximum Gasteiger partial charge on any atom is 0.573 e. The second kappa shape index (κ2) is 10.0. The lowest BCUT2D eigenvalue weighted by Gasteiger charge is -2.19. The average molecular weight is 481 g/mol. The van der Waals surface area contributed by atoms with Crippen molar-refractivity contribution in [2.75, 3.05) is 18.8 Å². The third-order valence-electron chi connectivity index (χ3n) is 5.48. The second-order valence-electron chi connectivity index (χ2n) is 7.88. The summed E-state index contributed by atoms with van der Waals surface area (Å²) in [6.45, 7) is 2.88. The number of anilines is 1. The van der Waals surface area contributed by atoms with E-state index in [4.69, 9.17) is 5.73 Å². The van der Waals surface area contributed by atoms with Gasteiger partial charge in [0.15, 0.2) is 0 Å². The summed E-state index contributed by atoms with van der Waals surface area (Å²) in [5, 5.41) is 0. The number of aryl methyl sites for hydroxylation is 1. The number of pyridine rings is 1. The number of nitrogens with zero attached hydrogens (tertiary/aromatic N) is 4. The monoisotopic (exact) mass is 481 g/mol. The smallest absolute Gasteiger partial charge is 0.405 e. The van der Waals surface area contributed by atoms with Crippen molar-refractivity contribution in [3.8, 4) is 28.8 Å². The topological polar surface area (TPSA) is 94.2 Å². The van der Waals surface area contributed by atoms with Gasteiger partial charge in [-0.2, -0.15) is 0 Å². The van der Waals surface area contributed by atoms with Gasteiger partial charge in [0.25, 0.3) is 5.91 Å². The normalized spacial score (nSPS) is 13.3. The third kappa shape index (κ3) is 5.69. The van der Waals surface area contributed by atoms with E-state index in [0.717, 1.165) is 12.8 Å². The van der Waals surface area contributed by atoms with Gasteiger partial charge >= 0.3 is 6.36 Å². The van der Waals surface area contributed by atoms with E-state index in [1.807, 2.05) is 6.92 Å². The number of hydrogen-bond acceptors (Lipinski definition) is 6. The van der Waals surface area contributed by atoms with E-state index in [1.54, 1.807) is 18.2 Å². The van der Waals surface area contributed by atoms with Gasteiger partial charge < -0.3 is 15.4 Å². The molecule has 3 heterocycles. The van der Waals surface area contributed by atoms with Gasteiger partial charge in [0, 0.05) is 30.4 Å². The molecule has 0 atom stereocenters. The molecule has 0 spiro atoms. The zero-order valence-corrected chi connectivity index (χ0v) is 18.9. The van der Waals surface area contributed by atoms with E-state index >= 15 is 0 Å². The number of nitrogens with two attached hydrogens (primary N) is 1. The maximum absolute atomic E-state index is 13.2. The minimum absolute atomic E-state index is 0.154. The third-order valence-corrected chi connectivity index (χ3v) is 5.48. The molecule has 0 radical (unpaired) electrons. The number of halogens is 3. The Morgan fingerprint density at radius 3 is 2.54 bits per heavy atom.